The number of nitrogens with zero attached hydrogens (tertiary/aromatic N) is 3. The zero-order valence-electron chi connectivity index (χ0n) is 14.2. The van der Waals surface area contributed by atoms with Gasteiger partial charge in [-0.05, 0) is 36.4 Å². The molecule has 3 aromatic rings. The molecule has 3 rings (SSSR count). The molecule has 0 saturated carbocycles. The smallest absolute Gasteiger partial charge is 0.316 e. The van der Waals surface area contributed by atoms with Gasteiger partial charge in [0.1, 0.15) is 11.6 Å². The lowest BCUT2D eigenvalue weighted by Gasteiger charge is -2.11. The average Bonchev–Trinajstić information content (AvgIpc) is 3.10. The van der Waals surface area contributed by atoms with Crippen molar-refractivity contribution in [1.82, 2.24) is 14.8 Å². The number of carbonyl (C=O) groups is 1. The van der Waals surface area contributed by atoms with Crippen LogP contribution in [0.25, 0.3) is 17.1 Å². The van der Waals surface area contributed by atoms with E-state index in [1.807, 2.05) is 12.1 Å². The Hall–Kier alpha value is -2.87. The van der Waals surface area contributed by atoms with Gasteiger partial charge in [0, 0.05) is 0 Å². The molecule has 0 bridgehead atoms. The fraction of sp³-hybridized carbons (Fsp3) is 0.167. The lowest BCUT2D eigenvalue weighted by molar-refractivity contribution is -0.137. The number of esters is 1. The Balaban J connectivity index is 2.08. The molecule has 0 spiro atoms. The van der Waals surface area contributed by atoms with Crippen LogP contribution in [0.5, 0.6) is 5.75 Å². The summed E-state index contributed by atoms with van der Waals surface area (Å²) >= 11 is 1.17. The Morgan fingerprint density at radius 2 is 1.85 bits per heavy atom. The molecule has 0 aliphatic rings. The molecule has 0 radical (unpaired) electrons. The van der Waals surface area contributed by atoms with Gasteiger partial charge >= 0.3 is 5.97 Å². The molecule has 134 valence electrons. The van der Waals surface area contributed by atoms with E-state index in [2.05, 4.69) is 14.9 Å². The number of ether oxygens (including phenoxy) is 2. The van der Waals surface area contributed by atoms with Gasteiger partial charge in [-0.25, -0.2) is 4.39 Å². The Labute approximate surface area is 154 Å². The lowest BCUT2D eigenvalue weighted by Crippen LogP contribution is -2.06. The van der Waals surface area contributed by atoms with Crippen LogP contribution in [0.15, 0.2) is 53.7 Å². The number of halogens is 1. The van der Waals surface area contributed by atoms with Crippen LogP contribution in [0.2, 0.25) is 0 Å². The van der Waals surface area contributed by atoms with Gasteiger partial charge in [0.05, 0.1) is 31.2 Å². The summed E-state index contributed by atoms with van der Waals surface area (Å²) in [7, 11) is 2.90. The minimum atomic E-state index is -0.404. The monoisotopic (exact) mass is 373 g/mol. The highest BCUT2D eigenvalue weighted by atomic mass is 32.2. The second kappa shape index (κ2) is 8.01. The molecular weight excluding hydrogens is 357 g/mol. The van der Waals surface area contributed by atoms with Crippen molar-refractivity contribution in [2.45, 2.75) is 5.16 Å². The highest BCUT2D eigenvalue weighted by molar-refractivity contribution is 7.99. The average molecular weight is 373 g/mol. The molecule has 2 aromatic carbocycles. The van der Waals surface area contributed by atoms with Gasteiger partial charge in [-0.1, -0.05) is 23.9 Å². The quantitative estimate of drug-likeness (QED) is 0.488. The Kier molecular flexibility index (Phi) is 5.52. The lowest BCUT2D eigenvalue weighted by atomic mass is 10.2. The summed E-state index contributed by atoms with van der Waals surface area (Å²) in [5.74, 6) is 0.326. The summed E-state index contributed by atoms with van der Waals surface area (Å²) < 4.78 is 25.8. The summed E-state index contributed by atoms with van der Waals surface area (Å²) in [6, 6.07) is 13.5. The standard InChI is InChI=1S/C18H16FN3O3S/c1-24-13-9-7-12(8-10-13)22-17(14-5-3-4-6-15(14)19)20-21-18(22)26-11-16(23)25-2/h3-10H,11H2,1-2H3. The summed E-state index contributed by atoms with van der Waals surface area (Å²) in [5.41, 5.74) is 1.04. The minimum absolute atomic E-state index is 0.0715. The fourth-order valence-electron chi connectivity index (χ4n) is 2.33. The zero-order valence-corrected chi connectivity index (χ0v) is 15.0. The first-order valence-electron chi connectivity index (χ1n) is 7.68. The molecule has 0 amide bonds. The number of carbonyl (C=O) groups excluding carboxylic acids is 1. The fourth-order valence-corrected chi connectivity index (χ4v) is 3.11. The summed E-state index contributed by atoms with van der Waals surface area (Å²) in [5, 5.41) is 8.73. The van der Waals surface area contributed by atoms with Crippen LogP contribution in [0, 0.1) is 5.82 Å². The third-order valence-corrected chi connectivity index (χ3v) is 4.53. The molecule has 26 heavy (non-hydrogen) atoms. The molecule has 0 saturated heterocycles. The number of hydrogen-bond donors (Lipinski definition) is 0. The first-order chi connectivity index (χ1) is 12.6. The van der Waals surface area contributed by atoms with Gasteiger partial charge in [-0.15, -0.1) is 10.2 Å². The van der Waals surface area contributed by atoms with Crippen molar-refractivity contribution in [3.8, 4) is 22.8 Å². The molecule has 0 aliphatic heterocycles. The predicted molar refractivity (Wildman–Crippen MR) is 96.0 cm³/mol. The maximum Gasteiger partial charge on any atom is 0.316 e. The number of thioether (sulfide) groups is 1. The zero-order chi connectivity index (χ0) is 18.5. The Morgan fingerprint density at radius 3 is 2.50 bits per heavy atom. The minimum Gasteiger partial charge on any atom is -0.497 e. The van der Waals surface area contributed by atoms with Crippen molar-refractivity contribution >= 4 is 17.7 Å². The third-order valence-electron chi connectivity index (χ3n) is 3.63. The normalized spacial score (nSPS) is 10.6. The number of benzene rings is 2. The van der Waals surface area contributed by atoms with Crippen LogP contribution in [0.4, 0.5) is 4.39 Å². The van der Waals surface area contributed by atoms with Gasteiger partial charge in [0.15, 0.2) is 11.0 Å². The largest absolute Gasteiger partial charge is 0.497 e. The van der Waals surface area contributed by atoms with Crippen LogP contribution < -0.4 is 4.74 Å². The van der Waals surface area contributed by atoms with Crippen molar-refractivity contribution in [2.24, 2.45) is 0 Å². The van der Waals surface area contributed by atoms with Crippen molar-refractivity contribution in [2.75, 3.05) is 20.0 Å². The molecule has 6 nitrogen and oxygen atoms in total. The van der Waals surface area contributed by atoms with Gasteiger partial charge in [-0.2, -0.15) is 0 Å². The van der Waals surface area contributed by atoms with E-state index < -0.39 is 5.82 Å². The number of rotatable bonds is 6. The summed E-state index contributed by atoms with van der Waals surface area (Å²) in [6.07, 6.45) is 0. The van der Waals surface area contributed by atoms with Crippen molar-refractivity contribution < 1.29 is 18.7 Å². The van der Waals surface area contributed by atoms with Gasteiger partial charge in [0.2, 0.25) is 0 Å². The van der Waals surface area contributed by atoms with E-state index >= 15 is 0 Å². The maximum atomic E-state index is 14.3. The van der Waals surface area contributed by atoms with E-state index in [0.717, 1.165) is 5.69 Å². The van der Waals surface area contributed by atoms with Gasteiger partial charge in [-0.3, -0.25) is 9.36 Å². The first kappa shape index (κ1) is 17.9. The topological polar surface area (TPSA) is 66.2 Å². The second-order valence-corrected chi connectivity index (χ2v) is 6.13. The molecule has 0 atom stereocenters. The SMILES string of the molecule is COC(=O)CSc1nnc(-c2ccccc2F)n1-c1ccc(OC)cc1. The number of hydrogen-bond acceptors (Lipinski definition) is 6. The van der Waals surface area contributed by atoms with Crippen molar-refractivity contribution in [1.29, 1.82) is 0 Å². The van der Waals surface area contributed by atoms with E-state index in [1.54, 1.807) is 42.0 Å². The van der Waals surface area contributed by atoms with Crippen LogP contribution in [0.3, 0.4) is 0 Å². The second-order valence-electron chi connectivity index (χ2n) is 5.18. The maximum absolute atomic E-state index is 14.3. The summed E-state index contributed by atoms with van der Waals surface area (Å²) in [6.45, 7) is 0. The van der Waals surface area contributed by atoms with Crippen LogP contribution >= 0.6 is 11.8 Å². The number of aromatic nitrogens is 3. The van der Waals surface area contributed by atoms with Crippen LogP contribution in [0.1, 0.15) is 0 Å². The van der Waals surface area contributed by atoms with Crippen molar-refractivity contribution in [3.05, 3.63) is 54.3 Å². The molecule has 8 heteroatoms. The molecule has 0 fully saturated rings. The predicted octanol–water partition coefficient (Wildman–Crippen LogP) is 3.35. The highest BCUT2D eigenvalue weighted by Crippen LogP contribution is 2.30. The molecule has 1 heterocycles. The van der Waals surface area contributed by atoms with Crippen molar-refractivity contribution in [3.63, 3.8) is 0 Å². The molecule has 1 aromatic heterocycles. The van der Waals surface area contributed by atoms with E-state index in [1.165, 1.54) is 24.9 Å². The van der Waals surface area contributed by atoms with Gasteiger partial charge < -0.3 is 9.47 Å². The Bertz CT molecular complexity index is 912. The van der Waals surface area contributed by atoms with E-state index in [4.69, 9.17) is 4.74 Å². The molecule has 0 N–H and O–H groups in total. The van der Waals surface area contributed by atoms with Crippen LogP contribution in [-0.2, 0) is 9.53 Å². The third kappa shape index (κ3) is 3.70. The number of methoxy groups -OCH3 is 2. The van der Waals surface area contributed by atoms with Gasteiger partial charge in [0.25, 0.3) is 0 Å². The molecular formula is C18H16FN3O3S. The van der Waals surface area contributed by atoms with E-state index in [9.17, 15) is 9.18 Å². The van der Waals surface area contributed by atoms with E-state index in [-0.39, 0.29) is 11.7 Å². The van der Waals surface area contributed by atoms with E-state index in [0.29, 0.717) is 22.3 Å². The summed E-state index contributed by atoms with van der Waals surface area (Å²) in [4.78, 5) is 11.5. The highest BCUT2D eigenvalue weighted by Gasteiger charge is 2.19. The first-order valence-corrected chi connectivity index (χ1v) is 8.67. The molecule has 0 aliphatic carbocycles. The Morgan fingerprint density at radius 1 is 1.12 bits per heavy atom. The molecule has 0 unspecified atom stereocenters. The van der Waals surface area contributed by atoms with Crippen LogP contribution in [-0.4, -0.2) is 40.7 Å².